The summed E-state index contributed by atoms with van der Waals surface area (Å²) in [6, 6.07) is 6.11. The van der Waals surface area contributed by atoms with E-state index in [1.54, 1.807) is 18.2 Å². The van der Waals surface area contributed by atoms with E-state index in [-0.39, 0.29) is 6.61 Å². The van der Waals surface area contributed by atoms with Crippen molar-refractivity contribution in [3.63, 3.8) is 0 Å². The number of hydrogen-bond donors (Lipinski definition) is 2. The van der Waals surface area contributed by atoms with Crippen LogP contribution in [0.3, 0.4) is 0 Å². The third kappa shape index (κ3) is 4.86. The third-order valence-corrected chi connectivity index (χ3v) is 2.41. The van der Waals surface area contributed by atoms with Crippen molar-refractivity contribution < 1.29 is 19.4 Å². The van der Waals surface area contributed by atoms with Gasteiger partial charge in [0.2, 0.25) is 0 Å². The lowest BCUT2D eigenvalue weighted by atomic mass is 10.3. The third-order valence-electron chi connectivity index (χ3n) is 1.91. The summed E-state index contributed by atoms with van der Waals surface area (Å²) >= 11 is 3.27. The molecule has 0 aliphatic carbocycles. The quantitative estimate of drug-likeness (QED) is 0.862. The smallest absolute Gasteiger partial charge is 0.325 e. The topological polar surface area (TPSA) is 75.6 Å². The van der Waals surface area contributed by atoms with Gasteiger partial charge in [0.1, 0.15) is 11.8 Å². The summed E-state index contributed by atoms with van der Waals surface area (Å²) in [7, 11) is 0. The van der Waals surface area contributed by atoms with Crippen LogP contribution in [-0.2, 0) is 9.59 Å². The molecule has 17 heavy (non-hydrogen) atoms. The second-order valence-corrected chi connectivity index (χ2v) is 4.29. The van der Waals surface area contributed by atoms with Crippen molar-refractivity contribution in [1.82, 2.24) is 5.32 Å². The summed E-state index contributed by atoms with van der Waals surface area (Å²) in [5.41, 5.74) is 0. The van der Waals surface area contributed by atoms with Gasteiger partial charge in [-0.05, 0) is 25.1 Å². The maximum atomic E-state index is 11.3. The van der Waals surface area contributed by atoms with E-state index in [1.807, 2.05) is 6.07 Å². The highest BCUT2D eigenvalue weighted by atomic mass is 79.9. The first kappa shape index (κ1) is 13.5. The maximum Gasteiger partial charge on any atom is 0.325 e. The molecule has 1 aromatic carbocycles. The summed E-state index contributed by atoms with van der Waals surface area (Å²) in [5.74, 6) is -1.02. The summed E-state index contributed by atoms with van der Waals surface area (Å²) in [6.45, 7) is 1.17. The SMILES string of the molecule is C[C@H](NC(=O)COc1cccc(Br)c1)C(=O)O. The average Bonchev–Trinajstić information content (AvgIpc) is 2.26. The molecular weight excluding hydrogens is 290 g/mol. The van der Waals surface area contributed by atoms with Crippen molar-refractivity contribution in [2.24, 2.45) is 0 Å². The lowest BCUT2D eigenvalue weighted by Gasteiger charge is -2.10. The minimum absolute atomic E-state index is 0.214. The first-order chi connectivity index (χ1) is 7.99. The zero-order valence-electron chi connectivity index (χ0n) is 9.14. The first-order valence-corrected chi connectivity index (χ1v) is 5.69. The normalized spacial score (nSPS) is 11.6. The molecule has 1 atom stereocenters. The zero-order chi connectivity index (χ0) is 12.8. The highest BCUT2D eigenvalue weighted by Gasteiger charge is 2.13. The van der Waals surface area contributed by atoms with Gasteiger partial charge in [0, 0.05) is 4.47 Å². The van der Waals surface area contributed by atoms with Crippen molar-refractivity contribution in [3.05, 3.63) is 28.7 Å². The lowest BCUT2D eigenvalue weighted by Crippen LogP contribution is -2.40. The molecule has 0 aromatic heterocycles. The molecule has 1 aromatic rings. The zero-order valence-corrected chi connectivity index (χ0v) is 10.7. The number of benzene rings is 1. The van der Waals surface area contributed by atoms with Crippen LogP contribution < -0.4 is 10.1 Å². The number of amides is 1. The molecule has 0 aliphatic heterocycles. The number of carbonyl (C=O) groups excluding carboxylic acids is 1. The monoisotopic (exact) mass is 301 g/mol. The molecule has 1 rings (SSSR count). The number of halogens is 1. The molecule has 0 radical (unpaired) electrons. The first-order valence-electron chi connectivity index (χ1n) is 4.89. The highest BCUT2D eigenvalue weighted by Crippen LogP contribution is 2.17. The Bertz CT molecular complexity index is 422. The number of aliphatic carboxylic acids is 1. The molecule has 1 amide bonds. The van der Waals surface area contributed by atoms with Gasteiger partial charge in [-0.3, -0.25) is 9.59 Å². The lowest BCUT2D eigenvalue weighted by molar-refractivity contribution is -0.141. The van der Waals surface area contributed by atoms with Crippen molar-refractivity contribution >= 4 is 27.8 Å². The molecule has 0 saturated carbocycles. The minimum Gasteiger partial charge on any atom is -0.484 e. The molecule has 0 bridgehead atoms. The highest BCUT2D eigenvalue weighted by molar-refractivity contribution is 9.10. The van der Waals surface area contributed by atoms with Crippen LogP contribution in [0.2, 0.25) is 0 Å². The van der Waals surface area contributed by atoms with Crippen LogP contribution >= 0.6 is 15.9 Å². The van der Waals surface area contributed by atoms with E-state index < -0.39 is 17.9 Å². The van der Waals surface area contributed by atoms with Crippen LogP contribution in [0.15, 0.2) is 28.7 Å². The Hall–Kier alpha value is -1.56. The van der Waals surface area contributed by atoms with Crippen molar-refractivity contribution in [3.8, 4) is 5.75 Å². The van der Waals surface area contributed by atoms with Crippen LogP contribution in [0, 0.1) is 0 Å². The van der Waals surface area contributed by atoms with Crippen LogP contribution in [-0.4, -0.2) is 29.6 Å². The standard InChI is InChI=1S/C11H12BrNO4/c1-7(11(15)16)13-10(14)6-17-9-4-2-3-8(12)5-9/h2-5,7H,6H2,1H3,(H,13,14)(H,15,16)/t7-/m0/s1. The fourth-order valence-corrected chi connectivity index (χ4v) is 1.43. The van der Waals surface area contributed by atoms with Crippen molar-refractivity contribution in [1.29, 1.82) is 0 Å². The van der Waals surface area contributed by atoms with Gasteiger partial charge in [-0.15, -0.1) is 0 Å². The molecule has 0 aliphatic rings. The number of ether oxygens (including phenoxy) is 1. The second kappa shape index (κ2) is 6.24. The predicted octanol–water partition coefficient (Wildman–Crippen LogP) is 1.42. The van der Waals surface area contributed by atoms with Gasteiger partial charge < -0.3 is 15.2 Å². The fraction of sp³-hybridized carbons (Fsp3) is 0.273. The summed E-state index contributed by atoms with van der Waals surface area (Å²) < 4.78 is 6.04. The molecule has 0 spiro atoms. The molecule has 6 heteroatoms. The average molecular weight is 302 g/mol. The van der Waals surface area contributed by atoms with Gasteiger partial charge in [0.25, 0.3) is 5.91 Å². The van der Waals surface area contributed by atoms with E-state index in [9.17, 15) is 9.59 Å². The van der Waals surface area contributed by atoms with Gasteiger partial charge in [0.05, 0.1) is 0 Å². The number of carbonyl (C=O) groups is 2. The van der Waals surface area contributed by atoms with E-state index >= 15 is 0 Å². The van der Waals surface area contributed by atoms with Gasteiger partial charge in [-0.25, -0.2) is 0 Å². The number of rotatable bonds is 5. The van der Waals surface area contributed by atoms with E-state index in [1.165, 1.54) is 6.92 Å². The Morgan fingerprint density at radius 3 is 2.82 bits per heavy atom. The predicted molar refractivity (Wildman–Crippen MR) is 64.9 cm³/mol. The second-order valence-electron chi connectivity index (χ2n) is 3.37. The molecule has 0 saturated heterocycles. The number of nitrogens with one attached hydrogen (secondary N) is 1. The van der Waals surface area contributed by atoms with Crippen LogP contribution in [0.4, 0.5) is 0 Å². The summed E-state index contributed by atoms with van der Waals surface area (Å²) in [5, 5.41) is 10.9. The van der Waals surface area contributed by atoms with E-state index in [2.05, 4.69) is 21.2 Å². The molecule has 92 valence electrons. The molecule has 0 heterocycles. The van der Waals surface area contributed by atoms with Crippen molar-refractivity contribution in [2.75, 3.05) is 6.61 Å². The number of carboxylic acids is 1. The van der Waals surface area contributed by atoms with Crippen LogP contribution in [0.5, 0.6) is 5.75 Å². The molecule has 5 nitrogen and oxygen atoms in total. The van der Waals surface area contributed by atoms with E-state index in [4.69, 9.17) is 9.84 Å². The summed E-state index contributed by atoms with van der Waals surface area (Å²) in [6.07, 6.45) is 0. The Balaban J connectivity index is 2.41. The number of carboxylic acid groups (broad SMARTS) is 1. The largest absolute Gasteiger partial charge is 0.484 e. The Kier molecular flexibility index (Phi) is 4.96. The van der Waals surface area contributed by atoms with E-state index in [0.29, 0.717) is 5.75 Å². The van der Waals surface area contributed by atoms with Gasteiger partial charge in [-0.1, -0.05) is 22.0 Å². The van der Waals surface area contributed by atoms with Gasteiger partial charge in [0.15, 0.2) is 6.61 Å². The molecule has 0 unspecified atom stereocenters. The fourth-order valence-electron chi connectivity index (χ4n) is 1.05. The Morgan fingerprint density at radius 2 is 2.24 bits per heavy atom. The van der Waals surface area contributed by atoms with E-state index in [0.717, 1.165) is 4.47 Å². The number of hydrogen-bond acceptors (Lipinski definition) is 3. The van der Waals surface area contributed by atoms with Crippen molar-refractivity contribution in [2.45, 2.75) is 13.0 Å². The summed E-state index contributed by atoms with van der Waals surface area (Å²) in [4.78, 5) is 21.8. The van der Waals surface area contributed by atoms with Crippen LogP contribution in [0.25, 0.3) is 0 Å². The Labute approximate surface area is 107 Å². The Morgan fingerprint density at radius 1 is 1.53 bits per heavy atom. The molecule has 2 N–H and O–H groups in total. The van der Waals surface area contributed by atoms with Gasteiger partial charge in [-0.2, -0.15) is 0 Å². The maximum absolute atomic E-state index is 11.3. The molecule has 0 fully saturated rings. The van der Waals surface area contributed by atoms with Gasteiger partial charge >= 0.3 is 5.97 Å². The minimum atomic E-state index is -1.08. The molecular formula is C11H12BrNO4. The van der Waals surface area contributed by atoms with Crippen LogP contribution in [0.1, 0.15) is 6.92 Å².